The van der Waals surface area contributed by atoms with Crippen molar-refractivity contribution in [1.29, 1.82) is 0 Å². The lowest BCUT2D eigenvalue weighted by molar-refractivity contribution is 0.159. The summed E-state index contributed by atoms with van der Waals surface area (Å²) in [4.78, 5) is 6.55. The van der Waals surface area contributed by atoms with Crippen LogP contribution < -0.4 is 10.6 Å². The number of nitrogens with one attached hydrogen (secondary N) is 2. The van der Waals surface area contributed by atoms with Crippen LogP contribution in [0.4, 0.5) is 0 Å². The summed E-state index contributed by atoms with van der Waals surface area (Å²) < 4.78 is 5.09. The summed E-state index contributed by atoms with van der Waals surface area (Å²) in [7, 11) is 5.43. The van der Waals surface area contributed by atoms with Crippen molar-refractivity contribution in [2.75, 3.05) is 54.0 Å². The molecule has 16 heavy (non-hydrogen) atoms. The molecule has 0 aliphatic carbocycles. The van der Waals surface area contributed by atoms with Crippen molar-refractivity contribution in [1.82, 2.24) is 15.5 Å². The van der Waals surface area contributed by atoms with E-state index in [1.54, 1.807) is 14.2 Å². The third-order valence-corrected chi connectivity index (χ3v) is 3.00. The van der Waals surface area contributed by atoms with Gasteiger partial charge in [0.15, 0.2) is 5.96 Å². The Hall–Kier alpha value is -0.810. The molecule has 1 atom stereocenters. The molecule has 5 nitrogen and oxygen atoms in total. The highest BCUT2D eigenvalue weighted by Gasteiger charge is 2.21. The van der Waals surface area contributed by atoms with Gasteiger partial charge in [-0.2, -0.15) is 0 Å². The van der Waals surface area contributed by atoms with Gasteiger partial charge in [0.1, 0.15) is 0 Å². The van der Waals surface area contributed by atoms with Crippen LogP contribution in [0.3, 0.4) is 0 Å². The summed E-state index contributed by atoms with van der Waals surface area (Å²) in [5.74, 6) is 1.59. The highest BCUT2D eigenvalue weighted by Crippen LogP contribution is 2.14. The summed E-state index contributed by atoms with van der Waals surface area (Å²) in [6.07, 6.45) is 1.26. The van der Waals surface area contributed by atoms with Gasteiger partial charge < -0.3 is 20.3 Å². The molecule has 1 saturated heterocycles. The van der Waals surface area contributed by atoms with E-state index in [-0.39, 0.29) is 0 Å². The van der Waals surface area contributed by atoms with E-state index in [1.165, 1.54) is 13.0 Å². The number of hydrogen-bond acceptors (Lipinski definition) is 3. The van der Waals surface area contributed by atoms with Gasteiger partial charge >= 0.3 is 0 Å². The minimum Gasteiger partial charge on any atom is -0.383 e. The number of rotatable bonds is 5. The SMILES string of the molecule is CN=C(NC)NCC1CCN(CCOC)C1. The molecule has 1 aliphatic heterocycles. The fourth-order valence-electron chi connectivity index (χ4n) is 2.02. The predicted octanol–water partition coefficient (Wildman–Crippen LogP) is -0.250. The molecule has 0 aromatic carbocycles. The third kappa shape index (κ3) is 4.37. The largest absolute Gasteiger partial charge is 0.383 e. The van der Waals surface area contributed by atoms with E-state index in [1.807, 2.05) is 7.05 Å². The minimum atomic E-state index is 0.724. The molecule has 0 radical (unpaired) electrons. The van der Waals surface area contributed by atoms with Gasteiger partial charge in [-0.05, 0) is 18.9 Å². The zero-order chi connectivity index (χ0) is 11.8. The van der Waals surface area contributed by atoms with Crippen molar-refractivity contribution in [3.63, 3.8) is 0 Å². The monoisotopic (exact) mass is 228 g/mol. The maximum absolute atomic E-state index is 5.09. The second kappa shape index (κ2) is 7.46. The van der Waals surface area contributed by atoms with Gasteiger partial charge in [0.2, 0.25) is 0 Å². The van der Waals surface area contributed by atoms with Crippen LogP contribution in [0.15, 0.2) is 4.99 Å². The van der Waals surface area contributed by atoms with Crippen LogP contribution in [0.25, 0.3) is 0 Å². The van der Waals surface area contributed by atoms with E-state index in [9.17, 15) is 0 Å². The second-order valence-corrected chi connectivity index (χ2v) is 4.15. The Morgan fingerprint density at radius 3 is 3.00 bits per heavy atom. The predicted molar refractivity (Wildman–Crippen MR) is 66.8 cm³/mol. The molecule has 0 aromatic rings. The molecule has 2 N–H and O–H groups in total. The first-order valence-electron chi connectivity index (χ1n) is 5.89. The van der Waals surface area contributed by atoms with E-state index in [4.69, 9.17) is 4.74 Å². The van der Waals surface area contributed by atoms with Crippen LogP contribution in [-0.4, -0.2) is 64.9 Å². The number of nitrogens with zero attached hydrogens (tertiary/aromatic N) is 2. The van der Waals surface area contributed by atoms with Crippen LogP contribution in [0.5, 0.6) is 0 Å². The first-order valence-corrected chi connectivity index (χ1v) is 5.89. The number of hydrogen-bond donors (Lipinski definition) is 2. The van der Waals surface area contributed by atoms with Gasteiger partial charge in [0, 0.05) is 40.8 Å². The first kappa shape index (κ1) is 13.3. The third-order valence-electron chi connectivity index (χ3n) is 3.00. The molecule has 1 heterocycles. The minimum absolute atomic E-state index is 0.724. The van der Waals surface area contributed by atoms with Crippen LogP contribution in [0.2, 0.25) is 0 Å². The molecule has 0 bridgehead atoms. The van der Waals surface area contributed by atoms with Gasteiger partial charge in [-0.15, -0.1) is 0 Å². The van der Waals surface area contributed by atoms with E-state index in [2.05, 4.69) is 20.5 Å². The molecule has 94 valence electrons. The van der Waals surface area contributed by atoms with Crippen LogP contribution in [-0.2, 0) is 4.74 Å². The number of ether oxygens (including phenoxy) is 1. The Bertz CT molecular complexity index is 220. The topological polar surface area (TPSA) is 48.9 Å². The Labute approximate surface area is 98.3 Å². The van der Waals surface area contributed by atoms with Crippen molar-refractivity contribution in [2.24, 2.45) is 10.9 Å². The zero-order valence-electron chi connectivity index (χ0n) is 10.6. The molecular formula is C11H24N4O. The zero-order valence-corrected chi connectivity index (χ0v) is 10.6. The van der Waals surface area contributed by atoms with Crippen molar-refractivity contribution < 1.29 is 4.74 Å². The van der Waals surface area contributed by atoms with Gasteiger partial charge in [-0.25, -0.2) is 0 Å². The van der Waals surface area contributed by atoms with Crippen molar-refractivity contribution in [3.8, 4) is 0 Å². The highest BCUT2D eigenvalue weighted by atomic mass is 16.5. The molecule has 0 aromatic heterocycles. The Morgan fingerprint density at radius 1 is 1.56 bits per heavy atom. The van der Waals surface area contributed by atoms with E-state index in [0.29, 0.717) is 0 Å². The number of likely N-dealkylation sites (tertiary alicyclic amines) is 1. The first-order chi connectivity index (χ1) is 7.80. The Balaban J connectivity index is 2.16. The van der Waals surface area contributed by atoms with E-state index < -0.39 is 0 Å². The Kier molecular flexibility index (Phi) is 6.18. The molecule has 1 fully saturated rings. The van der Waals surface area contributed by atoms with Gasteiger partial charge in [-0.1, -0.05) is 0 Å². The van der Waals surface area contributed by atoms with Crippen LogP contribution in [0, 0.1) is 5.92 Å². The normalized spacial score (nSPS) is 22.4. The van der Waals surface area contributed by atoms with Crippen LogP contribution in [0.1, 0.15) is 6.42 Å². The second-order valence-electron chi connectivity index (χ2n) is 4.15. The number of guanidine groups is 1. The highest BCUT2D eigenvalue weighted by molar-refractivity contribution is 5.79. The summed E-state index contributed by atoms with van der Waals surface area (Å²) in [5.41, 5.74) is 0. The molecule has 1 unspecified atom stereocenters. The van der Waals surface area contributed by atoms with Crippen molar-refractivity contribution in [2.45, 2.75) is 6.42 Å². The fourth-order valence-corrected chi connectivity index (χ4v) is 2.02. The van der Waals surface area contributed by atoms with Gasteiger partial charge in [0.05, 0.1) is 6.61 Å². The van der Waals surface area contributed by atoms with Crippen molar-refractivity contribution in [3.05, 3.63) is 0 Å². The maximum Gasteiger partial charge on any atom is 0.190 e. The van der Waals surface area contributed by atoms with Crippen LogP contribution >= 0.6 is 0 Å². The molecule has 0 spiro atoms. The van der Waals surface area contributed by atoms with E-state index in [0.717, 1.165) is 38.1 Å². The van der Waals surface area contributed by atoms with Gasteiger partial charge in [-0.3, -0.25) is 4.99 Å². The quantitative estimate of drug-likeness (QED) is 0.503. The fraction of sp³-hybridized carbons (Fsp3) is 0.909. The van der Waals surface area contributed by atoms with Crippen molar-refractivity contribution >= 4 is 5.96 Å². The molecule has 0 saturated carbocycles. The van der Waals surface area contributed by atoms with Gasteiger partial charge in [0.25, 0.3) is 0 Å². The standard InChI is InChI=1S/C11H24N4O/c1-12-11(13-2)14-8-10-4-5-15(9-10)6-7-16-3/h10H,4-9H2,1-3H3,(H2,12,13,14). The molecule has 5 heteroatoms. The lowest BCUT2D eigenvalue weighted by Crippen LogP contribution is -2.38. The summed E-state index contributed by atoms with van der Waals surface area (Å²) in [5, 5.41) is 6.35. The average molecular weight is 228 g/mol. The summed E-state index contributed by atoms with van der Waals surface area (Å²) in [6, 6.07) is 0. The number of aliphatic imine (C=N–C) groups is 1. The molecule has 1 aliphatic rings. The average Bonchev–Trinajstić information content (AvgIpc) is 2.76. The lowest BCUT2D eigenvalue weighted by Gasteiger charge is -2.16. The number of methoxy groups -OCH3 is 1. The molecule has 0 amide bonds. The smallest absolute Gasteiger partial charge is 0.190 e. The Morgan fingerprint density at radius 2 is 2.38 bits per heavy atom. The lowest BCUT2D eigenvalue weighted by atomic mass is 10.1. The molecule has 1 rings (SSSR count). The summed E-state index contributed by atoms with van der Waals surface area (Å²) in [6.45, 7) is 5.23. The summed E-state index contributed by atoms with van der Waals surface area (Å²) >= 11 is 0. The van der Waals surface area contributed by atoms with E-state index >= 15 is 0 Å². The maximum atomic E-state index is 5.09. The molecular weight excluding hydrogens is 204 g/mol.